The number of fused-ring (bicyclic) bond motifs is 2. The zero-order valence-corrected chi connectivity index (χ0v) is 17.6. The summed E-state index contributed by atoms with van der Waals surface area (Å²) < 4.78 is 5.98. The van der Waals surface area contributed by atoms with Crippen molar-refractivity contribution in [1.29, 1.82) is 0 Å². The Morgan fingerprint density at radius 3 is 2.75 bits per heavy atom. The van der Waals surface area contributed by atoms with Gasteiger partial charge in [0, 0.05) is 45.7 Å². The summed E-state index contributed by atoms with van der Waals surface area (Å²) in [7, 11) is 0. The summed E-state index contributed by atoms with van der Waals surface area (Å²) in [5.41, 5.74) is 4.12. The number of amides is 1. The van der Waals surface area contributed by atoms with Crippen molar-refractivity contribution in [2.45, 2.75) is 13.5 Å². The van der Waals surface area contributed by atoms with Crippen molar-refractivity contribution in [3.05, 3.63) is 108 Å². The first-order chi connectivity index (χ1) is 15.7. The van der Waals surface area contributed by atoms with E-state index in [1.165, 1.54) is 0 Å². The summed E-state index contributed by atoms with van der Waals surface area (Å²) in [4.78, 5) is 21.6. The number of rotatable bonds is 5. The van der Waals surface area contributed by atoms with Crippen LogP contribution in [0.5, 0.6) is 5.75 Å². The molecule has 0 aliphatic rings. The van der Waals surface area contributed by atoms with Gasteiger partial charge in [0.15, 0.2) is 0 Å². The van der Waals surface area contributed by atoms with Crippen molar-refractivity contribution in [3.63, 3.8) is 0 Å². The van der Waals surface area contributed by atoms with Gasteiger partial charge in [-0.1, -0.05) is 36.4 Å². The Kier molecular flexibility index (Phi) is 5.22. The summed E-state index contributed by atoms with van der Waals surface area (Å²) >= 11 is 0. The van der Waals surface area contributed by atoms with Crippen molar-refractivity contribution in [2.75, 3.05) is 5.32 Å². The van der Waals surface area contributed by atoms with Crippen molar-refractivity contribution in [2.24, 2.45) is 0 Å². The van der Waals surface area contributed by atoms with Gasteiger partial charge < -0.3 is 10.1 Å². The van der Waals surface area contributed by atoms with E-state index in [1.807, 2.05) is 80.0 Å². The number of anilines is 1. The second-order valence-corrected chi connectivity index (χ2v) is 7.65. The molecule has 1 N–H and O–H groups in total. The van der Waals surface area contributed by atoms with E-state index in [-0.39, 0.29) is 5.91 Å². The Balaban J connectivity index is 1.31. The van der Waals surface area contributed by atoms with E-state index in [2.05, 4.69) is 21.4 Å². The Bertz CT molecular complexity index is 1440. The lowest BCUT2D eigenvalue weighted by atomic mass is 10.1. The molecule has 0 aliphatic carbocycles. The quantitative estimate of drug-likeness (QED) is 0.384. The number of aryl methyl sites for hydroxylation is 1. The van der Waals surface area contributed by atoms with E-state index in [0.717, 1.165) is 38.6 Å². The fourth-order valence-corrected chi connectivity index (χ4v) is 3.69. The molecule has 5 nitrogen and oxygen atoms in total. The highest BCUT2D eigenvalue weighted by Gasteiger charge is 2.09. The molecule has 2 aromatic heterocycles. The van der Waals surface area contributed by atoms with Crippen LogP contribution in [0.1, 0.15) is 21.6 Å². The van der Waals surface area contributed by atoms with Crippen molar-refractivity contribution >= 4 is 33.3 Å². The maximum absolute atomic E-state index is 12.8. The highest BCUT2D eigenvalue weighted by molar-refractivity contribution is 6.05. The minimum Gasteiger partial charge on any atom is -0.489 e. The van der Waals surface area contributed by atoms with Crippen LogP contribution in [-0.2, 0) is 6.61 Å². The molecule has 0 saturated heterocycles. The van der Waals surface area contributed by atoms with Crippen LogP contribution in [0.2, 0.25) is 0 Å². The van der Waals surface area contributed by atoms with Gasteiger partial charge in [-0.3, -0.25) is 14.8 Å². The smallest absolute Gasteiger partial charge is 0.255 e. The third kappa shape index (κ3) is 4.14. The molecule has 2 heterocycles. The zero-order chi connectivity index (χ0) is 21.9. The van der Waals surface area contributed by atoms with E-state index >= 15 is 0 Å². The van der Waals surface area contributed by atoms with Crippen molar-refractivity contribution in [3.8, 4) is 5.75 Å². The van der Waals surface area contributed by atoms with Crippen LogP contribution < -0.4 is 10.1 Å². The Morgan fingerprint density at radius 1 is 0.906 bits per heavy atom. The molecule has 5 aromatic rings. The molecule has 0 unspecified atom stereocenters. The molecule has 0 spiro atoms. The first-order valence-corrected chi connectivity index (χ1v) is 10.4. The lowest BCUT2D eigenvalue weighted by Gasteiger charge is -2.11. The summed E-state index contributed by atoms with van der Waals surface area (Å²) in [5.74, 6) is 0.436. The van der Waals surface area contributed by atoms with Crippen molar-refractivity contribution in [1.82, 2.24) is 9.97 Å². The highest BCUT2D eigenvalue weighted by atomic mass is 16.5. The third-order valence-electron chi connectivity index (χ3n) is 5.33. The number of nitrogens with one attached hydrogen (secondary N) is 1. The summed E-state index contributed by atoms with van der Waals surface area (Å²) in [6.45, 7) is 2.33. The molecular formula is C27H21N3O2. The van der Waals surface area contributed by atoms with Gasteiger partial charge in [-0.15, -0.1) is 0 Å². The Hall–Kier alpha value is -4.25. The van der Waals surface area contributed by atoms with Gasteiger partial charge >= 0.3 is 0 Å². The second kappa shape index (κ2) is 8.47. The standard InChI is InChI=1S/C27H21N3O2/c1-18-9-10-19-13-23(11-12-26(19)29-18)30-27(31)20-6-4-7-24(14-20)32-17-22-16-28-15-21-5-2-3-8-25(21)22/h2-16H,17H2,1H3,(H,30,31). The number of aromatic nitrogens is 2. The lowest BCUT2D eigenvalue weighted by molar-refractivity contribution is 0.102. The van der Waals surface area contributed by atoms with Crippen LogP contribution in [0.15, 0.2) is 91.3 Å². The van der Waals surface area contributed by atoms with Gasteiger partial charge in [-0.25, -0.2) is 0 Å². The predicted molar refractivity (Wildman–Crippen MR) is 127 cm³/mol. The average Bonchev–Trinajstić information content (AvgIpc) is 2.83. The number of nitrogens with zero attached hydrogens (tertiary/aromatic N) is 2. The van der Waals surface area contributed by atoms with E-state index < -0.39 is 0 Å². The van der Waals surface area contributed by atoms with Crippen LogP contribution in [0.4, 0.5) is 5.69 Å². The lowest BCUT2D eigenvalue weighted by Crippen LogP contribution is -2.12. The van der Waals surface area contributed by atoms with E-state index in [9.17, 15) is 4.79 Å². The number of hydrogen-bond acceptors (Lipinski definition) is 4. The first-order valence-electron chi connectivity index (χ1n) is 10.4. The van der Waals surface area contributed by atoms with E-state index in [0.29, 0.717) is 17.9 Å². The fourth-order valence-electron chi connectivity index (χ4n) is 3.69. The maximum Gasteiger partial charge on any atom is 0.255 e. The minimum atomic E-state index is -0.193. The molecule has 0 aliphatic heterocycles. The first kappa shape index (κ1) is 19.7. The average molecular weight is 419 g/mol. The topological polar surface area (TPSA) is 64.1 Å². The van der Waals surface area contributed by atoms with Gasteiger partial charge in [-0.05, 0) is 54.8 Å². The van der Waals surface area contributed by atoms with Crippen LogP contribution >= 0.6 is 0 Å². The molecule has 0 saturated carbocycles. The largest absolute Gasteiger partial charge is 0.489 e. The van der Waals surface area contributed by atoms with Crippen LogP contribution in [0, 0.1) is 6.92 Å². The molecule has 5 rings (SSSR count). The van der Waals surface area contributed by atoms with Crippen LogP contribution in [-0.4, -0.2) is 15.9 Å². The van der Waals surface area contributed by atoms with Crippen LogP contribution in [0.25, 0.3) is 21.7 Å². The number of benzene rings is 3. The molecule has 0 radical (unpaired) electrons. The Morgan fingerprint density at radius 2 is 1.81 bits per heavy atom. The number of carbonyl (C=O) groups excluding carboxylic acids is 1. The van der Waals surface area contributed by atoms with Crippen LogP contribution in [0.3, 0.4) is 0 Å². The fraction of sp³-hybridized carbons (Fsp3) is 0.0741. The molecule has 156 valence electrons. The van der Waals surface area contributed by atoms with Crippen molar-refractivity contribution < 1.29 is 9.53 Å². The van der Waals surface area contributed by atoms with Gasteiger partial charge in [0.1, 0.15) is 12.4 Å². The molecular weight excluding hydrogens is 398 g/mol. The van der Waals surface area contributed by atoms with E-state index in [4.69, 9.17) is 4.74 Å². The number of ether oxygens (including phenoxy) is 1. The predicted octanol–water partition coefficient (Wildman–Crippen LogP) is 5.92. The summed E-state index contributed by atoms with van der Waals surface area (Å²) in [6, 6.07) is 24.9. The number of pyridine rings is 2. The van der Waals surface area contributed by atoms with Gasteiger partial charge in [0.05, 0.1) is 5.52 Å². The summed E-state index contributed by atoms with van der Waals surface area (Å²) in [6.07, 6.45) is 3.66. The van der Waals surface area contributed by atoms with Gasteiger partial charge in [0.25, 0.3) is 5.91 Å². The molecule has 0 bridgehead atoms. The SMILES string of the molecule is Cc1ccc2cc(NC(=O)c3cccc(OCc4cncc5ccccc45)c3)ccc2n1. The van der Waals surface area contributed by atoms with Gasteiger partial charge in [-0.2, -0.15) is 0 Å². The van der Waals surface area contributed by atoms with E-state index in [1.54, 1.807) is 12.1 Å². The molecule has 0 atom stereocenters. The second-order valence-electron chi connectivity index (χ2n) is 7.65. The number of hydrogen-bond donors (Lipinski definition) is 1. The number of carbonyl (C=O) groups is 1. The zero-order valence-electron chi connectivity index (χ0n) is 17.6. The molecule has 1 amide bonds. The Labute approximate surface area is 185 Å². The van der Waals surface area contributed by atoms with Gasteiger partial charge in [0.2, 0.25) is 0 Å². The molecule has 32 heavy (non-hydrogen) atoms. The normalized spacial score (nSPS) is 10.9. The molecule has 3 aromatic carbocycles. The maximum atomic E-state index is 12.8. The monoisotopic (exact) mass is 419 g/mol. The summed E-state index contributed by atoms with van der Waals surface area (Å²) in [5, 5.41) is 6.12. The molecule has 5 heteroatoms. The third-order valence-corrected chi connectivity index (χ3v) is 5.33. The molecule has 0 fully saturated rings. The highest BCUT2D eigenvalue weighted by Crippen LogP contribution is 2.22. The minimum absolute atomic E-state index is 0.193.